The number of alkyl halides is 3. The number of anilines is 1. The predicted molar refractivity (Wildman–Crippen MR) is 77.4 cm³/mol. The first-order chi connectivity index (χ1) is 9.83. The van der Waals surface area contributed by atoms with Gasteiger partial charge < -0.3 is 10.1 Å². The van der Waals surface area contributed by atoms with Crippen LogP contribution in [-0.2, 0) is 6.54 Å². The van der Waals surface area contributed by atoms with E-state index >= 15 is 0 Å². The Hall–Kier alpha value is -1.47. The van der Waals surface area contributed by atoms with Gasteiger partial charge in [-0.05, 0) is 39.7 Å². The number of nitrogens with zero attached hydrogens (tertiary/aromatic N) is 1. The Balaban J connectivity index is 2.06. The summed E-state index contributed by atoms with van der Waals surface area (Å²) in [4.78, 5) is 3.94. The highest BCUT2D eigenvalue weighted by molar-refractivity contribution is 9.10. The van der Waals surface area contributed by atoms with Gasteiger partial charge in [-0.3, -0.25) is 0 Å². The highest BCUT2D eigenvalue weighted by Crippen LogP contribution is 2.25. The molecular formula is C13H9BrClF3N2O. The van der Waals surface area contributed by atoms with Crippen LogP contribution in [0.4, 0.5) is 18.9 Å². The lowest BCUT2D eigenvalue weighted by atomic mass is 10.2. The van der Waals surface area contributed by atoms with Crippen LogP contribution in [0.15, 0.2) is 41.0 Å². The molecule has 0 spiro atoms. The molecule has 1 N–H and O–H groups in total. The zero-order chi connectivity index (χ0) is 15.5. The fourth-order valence-corrected chi connectivity index (χ4v) is 2.10. The van der Waals surface area contributed by atoms with Crippen LogP contribution in [0.5, 0.6) is 5.75 Å². The number of pyridine rings is 1. The van der Waals surface area contributed by atoms with E-state index in [1.807, 2.05) is 0 Å². The highest BCUT2D eigenvalue weighted by Gasteiger charge is 2.31. The summed E-state index contributed by atoms with van der Waals surface area (Å²) >= 11 is 9.17. The largest absolute Gasteiger partial charge is 0.573 e. The van der Waals surface area contributed by atoms with E-state index < -0.39 is 6.36 Å². The number of ether oxygens (including phenoxy) is 1. The Bertz CT molecular complexity index is 637. The average Bonchev–Trinajstić information content (AvgIpc) is 2.38. The van der Waals surface area contributed by atoms with Crippen molar-refractivity contribution in [3.05, 3.63) is 51.7 Å². The molecule has 0 bridgehead atoms. The quantitative estimate of drug-likeness (QED) is 0.756. The zero-order valence-electron chi connectivity index (χ0n) is 10.4. The number of hydrogen-bond donors (Lipinski definition) is 1. The van der Waals surface area contributed by atoms with Gasteiger partial charge in [0, 0.05) is 17.2 Å². The third kappa shape index (κ3) is 5.09. The standard InChI is InChI=1S/C13H9BrClF3N2O/c14-9-5-11(12(15)20-7-9)19-6-8-2-1-3-10(4-8)21-13(16,17)18/h1-5,7,19H,6H2. The Morgan fingerprint density at radius 2 is 2.05 bits per heavy atom. The summed E-state index contributed by atoms with van der Waals surface area (Å²) in [7, 11) is 0. The van der Waals surface area contributed by atoms with Gasteiger partial charge in [0.25, 0.3) is 0 Å². The molecule has 1 aromatic heterocycles. The van der Waals surface area contributed by atoms with Gasteiger partial charge in [-0.2, -0.15) is 0 Å². The molecule has 0 atom stereocenters. The fourth-order valence-electron chi connectivity index (χ4n) is 1.60. The maximum absolute atomic E-state index is 12.2. The molecule has 0 amide bonds. The summed E-state index contributed by atoms with van der Waals surface area (Å²) in [5, 5.41) is 3.28. The summed E-state index contributed by atoms with van der Waals surface area (Å²) < 4.78 is 41.1. The van der Waals surface area contributed by atoms with Crippen LogP contribution in [0.3, 0.4) is 0 Å². The predicted octanol–water partition coefficient (Wildman–Crippen LogP) is 5.01. The highest BCUT2D eigenvalue weighted by atomic mass is 79.9. The third-order valence-corrected chi connectivity index (χ3v) is 3.16. The van der Waals surface area contributed by atoms with E-state index in [-0.39, 0.29) is 17.4 Å². The molecule has 2 rings (SSSR count). The van der Waals surface area contributed by atoms with Gasteiger partial charge in [0.2, 0.25) is 0 Å². The minimum atomic E-state index is -4.70. The average molecular weight is 382 g/mol. The molecule has 0 aliphatic rings. The van der Waals surface area contributed by atoms with Crippen molar-refractivity contribution in [2.75, 3.05) is 5.32 Å². The van der Waals surface area contributed by atoms with Crippen LogP contribution < -0.4 is 10.1 Å². The Morgan fingerprint density at radius 1 is 1.29 bits per heavy atom. The SMILES string of the molecule is FC(F)(F)Oc1cccc(CNc2cc(Br)cnc2Cl)c1. The molecule has 1 heterocycles. The van der Waals surface area contributed by atoms with E-state index in [2.05, 4.69) is 31.0 Å². The summed E-state index contributed by atoms with van der Waals surface area (Å²) in [5.74, 6) is -0.264. The van der Waals surface area contributed by atoms with Gasteiger partial charge in [0.05, 0.1) is 5.69 Å². The Morgan fingerprint density at radius 3 is 2.76 bits per heavy atom. The molecule has 0 saturated heterocycles. The lowest BCUT2D eigenvalue weighted by molar-refractivity contribution is -0.274. The van der Waals surface area contributed by atoms with Crippen LogP contribution in [0.25, 0.3) is 0 Å². The summed E-state index contributed by atoms with van der Waals surface area (Å²) in [6.45, 7) is 0.285. The van der Waals surface area contributed by atoms with Crippen LogP contribution in [0.2, 0.25) is 5.15 Å². The van der Waals surface area contributed by atoms with Gasteiger partial charge in [-0.1, -0.05) is 23.7 Å². The van der Waals surface area contributed by atoms with Crippen molar-refractivity contribution in [2.45, 2.75) is 12.9 Å². The zero-order valence-corrected chi connectivity index (χ0v) is 12.8. The number of hydrogen-bond acceptors (Lipinski definition) is 3. The van der Waals surface area contributed by atoms with Crippen molar-refractivity contribution in [1.82, 2.24) is 4.98 Å². The van der Waals surface area contributed by atoms with Crippen molar-refractivity contribution in [3.8, 4) is 5.75 Å². The first kappa shape index (κ1) is 15.9. The second kappa shape index (κ2) is 6.53. The molecule has 0 aliphatic carbocycles. The molecule has 21 heavy (non-hydrogen) atoms. The molecule has 0 radical (unpaired) electrons. The second-order valence-corrected chi connectivity index (χ2v) is 5.31. The minimum Gasteiger partial charge on any atom is -0.406 e. The van der Waals surface area contributed by atoms with Crippen molar-refractivity contribution < 1.29 is 17.9 Å². The second-order valence-electron chi connectivity index (χ2n) is 4.04. The Labute approximate surface area is 132 Å². The number of nitrogens with one attached hydrogen (secondary N) is 1. The molecule has 112 valence electrons. The molecular weight excluding hydrogens is 373 g/mol. The molecule has 2 aromatic rings. The number of rotatable bonds is 4. The topological polar surface area (TPSA) is 34.1 Å². The van der Waals surface area contributed by atoms with E-state index in [1.54, 1.807) is 18.3 Å². The minimum absolute atomic E-state index is 0.264. The maximum atomic E-state index is 12.2. The molecule has 0 saturated carbocycles. The van der Waals surface area contributed by atoms with E-state index in [0.29, 0.717) is 11.3 Å². The van der Waals surface area contributed by atoms with Gasteiger partial charge in [-0.15, -0.1) is 13.2 Å². The summed E-state index contributed by atoms with van der Waals surface area (Å²) in [6.07, 6.45) is -3.16. The van der Waals surface area contributed by atoms with Gasteiger partial charge >= 0.3 is 6.36 Å². The number of halogens is 5. The summed E-state index contributed by atoms with van der Waals surface area (Å²) in [5.41, 5.74) is 1.20. The lowest BCUT2D eigenvalue weighted by Gasteiger charge is -2.11. The molecule has 3 nitrogen and oxygen atoms in total. The third-order valence-electron chi connectivity index (χ3n) is 2.42. The fraction of sp³-hybridized carbons (Fsp3) is 0.154. The van der Waals surface area contributed by atoms with Gasteiger partial charge in [-0.25, -0.2) is 4.98 Å². The Kier molecular flexibility index (Phi) is 4.95. The molecule has 8 heteroatoms. The monoisotopic (exact) mass is 380 g/mol. The van der Waals surface area contributed by atoms with Gasteiger partial charge in [0.1, 0.15) is 5.75 Å². The number of aromatic nitrogens is 1. The normalized spacial score (nSPS) is 11.3. The van der Waals surface area contributed by atoms with E-state index in [0.717, 1.165) is 4.47 Å². The number of benzene rings is 1. The van der Waals surface area contributed by atoms with Crippen molar-refractivity contribution in [2.24, 2.45) is 0 Å². The van der Waals surface area contributed by atoms with Crippen molar-refractivity contribution in [3.63, 3.8) is 0 Å². The van der Waals surface area contributed by atoms with E-state index in [1.165, 1.54) is 18.2 Å². The molecule has 0 fully saturated rings. The van der Waals surface area contributed by atoms with Crippen LogP contribution in [0, 0.1) is 0 Å². The smallest absolute Gasteiger partial charge is 0.406 e. The van der Waals surface area contributed by atoms with Crippen LogP contribution in [-0.4, -0.2) is 11.3 Å². The first-order valence-electron chi connectivity index (χ1n) is 5.73. The molecule has 0 unspecified atom stereocenters. The maximum Gasteiger partial charge on any atom is 0.573 e. The van der Waals surface area contributed by atoms with E-state index in [4.69, 9.17) is 11.6 Å². The molecule has 0 aliphatic heterocycles. The van der Waals surface area contributed by atoms with Crippen molar-refractivity contribution >= 4 is 33.2 Å². The van der Waals surface area contributed by atoms with Gasteiger partial charge in [0.15, 0.2) is 5.15 Å². The first-order valence-corrected chi connectivity index (χ1v) is 6.90. The lowest BCUT2D eigenvalue weighted by Crippen LogP contribution is -2.17. The van der Waals surface area contributed by atoms with Crippen LogP contribution >= 0.6 is 27.5 Å². The van der Waals surface area contributed by atoms with Crippen LogP contribution in [0.1, 0.15) is 5.56 Å². The van der Waals surface area contributed by atoms with Crippen molar-refractivity contribution in [1.29, 1.82) is 0 Å². The van der Waals surface area contributed by atoms with E-state index in [9.17, 15) is 13.2 Å². The summed E-state index contributed by atoms with van der Waals surface area (Å²) in [6, 6.07) is 7.43. The molecule has 1 aromatic carbocycles.